The molecular weight excluding hydrogens is 384 g/mol. The number of ether oxygens (including phenoxy) is 1. The summed E-state index contributed by atoms with van der Waals surface area (Å²) in [6.07, 6.45) is -0.635. The van der Waals surface area contributed by atoms with E-state index in [0.29, 0.717) is 11.2 Å². The standard InChI is InChI=1S/C19H15BrN2O3/c1-12(23)18-17(9-14-7-8-15(20)10-16(14)21-18)22-19(24)25-11-13-5-3-2-4-6-13/h2-10H,11H2,1H3,(H,22,24). The quantitative estimate of drug-likeness (QED) is 0.631. The van der Waals surface area contributed by atoms with E-state index in [9.17, 15) is 9.59 Å². The lowest BCUT2D eigenvalue weighted by Crippen LogP contribution is -2.16. The zero-order valence-electron chi connectivity index (χ0n) is 13.5. The van der Waals surface area contributed by atoms with Gasteiger partial charge in [-0.25, -0.2) is 9.78 Å². The van der Waals surface area contributed by atoms with Crippen molar-refractivity contribution in [2.24, 2.45) is 0 Å². The Bertz CT molecular complexity index is 942. The van der Waals surface area contributed by atoms with Crippen molar-refractivity contribution < 1.29 is 14.3 Å². The summed E-state index contributed by atoms with van der Waals surface area (Å²) in [4.78, 5) is 28.3. The van der Waals surface area contributed by atoms with Gasteiger partial charge in [0.05, 0.1) is 11.2 Å². The van der Waals surface area contributed by atoms with Crippen molar-refractivity contribution >= 4 is 44.4 Å². The van der Waals surface area contributed by atoms with Crippen molar-refractivity contribution in [2.75, 3.05) is 5.32 Å². The van der Waals surface area contributed by atoms with E-state index in [1.165, 1.54) is 6.92 Å². The average Bonchev–Trinajstić information content (AvgIpc) is 2.60. The number of Topliss-reactive ketones (excluding diaryl/α,β-unsaturated/α-hetero) is 1. The molecule has 1 N–H and O–H groups in total. The summed E-state index contributed by atoms with van der Waals surface area (Å²) < 4.78 is 6.07. The molecule has 3 aromatic rings. The molecule has 0 atom stereocenters. The molecule has 0 aliphatic carbocycles. The molecule has 0 radical (unpaired) electrons. The van der Waals surface area contributed by atoms with E-state index in [1.807, 2.05) is 48.5 Å². The highest BCUT2D eigenvalue weighted by Gasteiger charge is 2.14. The predicted octanol–water partition coefficient (Wildman–Crippen LogP) is 4.95. The van der Waals surface area contributed by atoms with E-state index < -0.39 is 6.09 Å². The van der Waals surface area contributed by atoms with Gasteiger partial charge in [0.1, 0.15) is 12.3 Å². The fraction of sp³-hybridized carbons (Fsp3) is 0.105. The molecule has 126 valence electrons. The number of fused-ring (bicyclic) bond motifs is 1. The average molecular weight is 399 g/mol. The third-order valence-corrected chi connectivity index (χ3v) is 4.06. The largest absolute Gasteiger partial charge is 0.444 e. The van der Waals surface area contributed by atoms with Gasteiger partial charge < -0.3 is 4.74 Å². The predicted molar refractivity (Wildman–Crippen MR) is 99.7 cm³/mol. The van der Waals surface area contributed by atoms with Crippen LogP contribution in [-0.2, 0) is 11.3 Å². The van der Waals surface area contributed by atoms with Gasteiger partial charge in [0.25, 0.3) is 0 Å². The maximum Gasteiger partial charge on any atom is 0.412 e. The summed E-state index contributed by atoms with van der Waals surface area (Å²) in [6.45, 7) is 1.56. The normalized spacial score (nSPS) is 10.5. The molecule has 1 aromatic heterocycles. The summed E-state index contributed by atoms with van der Waals surface area (Å²) in [7, 11) is 0. The summed E-state index contributed by atoms with van der Waals surface area (Å²) in [5.74, 6) is -0.236. The molecule has 1 amide bonds. The molecule has 25 heavy (non-hydrogen) atoms. The SMILES string of the molecule is CC(=O)c1nc2cc(Br)ccc2cc1NC(=O)OCc1ccccc1. The van der Waals surface area contributed by atoms with Gasteiger partial charge in [-0.2, -0.15) is 0 Å². The fourth-order valence-electron chi connectivity index (χ4n) is 2.37. The van der Waals surface area contributed by atoms with Gasteiger partial charge in [-0.3, -0.25) is 10.1 Å². The molecule has 0 spiro atoms. The van der Waals surface area contributed by atoms with Crippen LogP contribution in [0.1, 0.15) is 23.0 Å². The first kappa shape index (κ1) is 17.1. The zero-order valence-corrected chi connectivity index (χ0v) is 15.0. The van der Waals surface area contributed by atoms with Gasteiger partial charge in [-0.15, -0.1) is 0 Å². The number of anilines is 1. The highest BCUT2D eigenvalue weighted by molar-refractivity contribution is 9.10. The number of carbonyl (C=O) groups excluding carboxylic acids is 2. The van der Waals surface area contributed by atoms with Crippen molar-refractivity contribution in [3.63, 3.8) is 0 Å². The fourth-order valence-corrected chi connectivity index (χ4v) is 2.72. The second-order valence-electron chi connectivity index (χ2n) is 5.46. The maximum atomic E-state index is 12.1. The molecule has 3 rings (SSSR count). The Balaban J connectivity index is 1.81. The number of carbonyl (C=O) groups is 2. The van der Waals surface area contributed by atoms with E-state index in [0.717, 1.165) is 15.4 Å². The first-order chi connectivity index (χ1) is 12.0. The van der Waals surface area contributed by atoms with Crippen LogP contribution in [-0.4, -0.2) is 16.9 Å². The lowest BCUT2D eigenvalue weighted by molar-refractivity contribution is 0.101. The number of ketones is 1. The van der Waals surface area contributed by atoms with Crippen LogP contribution in [0, 0.1) is 0 Å². The van der Waals surface area contributed by atoms with Crippen molar-refractivity contribution in [1.82, 2.24) is 4.98 Å². The first-order valence-electron chi connectivity index (χ1n) is 7.62. The third kappa shape index (κ3) is 4.22. The van der Waals surface area contributed by atoms with Crippen LogP contribution < -0.4 is 5.32 Å². The molecule has 0 aliphatic rings. The summed E-state index contributed by atoms with van der Waals surface area (Å²) in [5, 5.41) is 3.42. The molecule has 1 heterocycles. The van der Waals surface area contributed by atoms with Gasteiger partial charge in [0, 0.05) is 16.8 Å². The Kier molecular flexibility index (Phi) is 5.09. The third-order valence-electron chi connectivity index (χ3n) is 3.56. The lowest BCUT2D eigenvalue weighted by atomic mass is 10.1. The summed E-state index contributed by atoms with van der Waals surface area (Å²) in [5.41, 5.74) is 2.08. The van der Waals surface area contributed by atoms with Crippen molar-refractivity contribution in [3.05, 3.63) is 70.3 Å². The van der Waals surface area contributed by atoms with Gasteiger partial charge >= 0.3 is 6.09 Å². The lowest BCUT2D eigenvalue weighted by Gasteiger charge is -2.11. The highest BCUT2D eigenvalue weighted by Crippen LogP contribution is 2.24. The molecule has 0 bridgehead atoms. The number of nitrogens with one attached hydrogen (secondary N) is 1. The van der Waals surface area contributed by atoms with E-state index in [1.54, 1.807) is 6.07 Å². The van der Waals surface area contributed by atoms with E-state index in [2.05, 4.69) is 26.2 Å². The van der Waals surface area contributed by atoms with Crippen LogP contribution >= 0.6 is 15.9 Å². The second kappa shape index (κ2) is 7.44. The Morgan fingerprint density at radius 2 is 1.88 bits per heavy atom. The van der Waals surface area contributed by atoms with Crippen LogP contribution in [0.2, 0.25) is 0 Å². The zero-order chi connectivity index (χ0) is 17.8. The molecule has 5 nitrogen and oxygen atoms in total. The van der Waals surface area contributed by atoms with E-state index in [-0.39, 0.29) is 18.1 Å². The Morgan fingerprint density at radius 1 is 1.12 bits per heavy atom. The minimum Gasteiger partial charge on any atom is -0.444 e. The minimum atomic E-state index is -0.635. The van der Waals surface area contributed by atoms with Crippen molar-refractivity contribution in [3.8, 4) is 0 Å². The minimum absolute atomic E-state index is 0.149. The highest BCUT2D eigenvalue weighted by atomic mass is 79.9. The van der Waals surface area contributed by atoms with Crippen LogP contribution in [0.3, 0.4) is 0 Å². The summed E-state index contributed by atoms with van der Waals surface area (Å²) in [6, 6.07) is 16.6. The Labute approximate surface area is 153 Å². The van der Waals surface area contributed by atoms with Gasteiger partial charge in [0.2, 0.25) is 0 Å². The molecule has 0 saturated heterocycles. The molecule has 0 saturated carbocycles. The van der Waals surface area contributed by atoms with Crippen LogP contribution in [0.25, 0.3) is 10.9 Å². The van der Waals surface area contributed by atoms with E-state index in [4.69, 9.17) is 4.74 Å². The van der Waals surface area contributed by atoms with Gasteiger partial charge in [0.15, 0.2) is 5.78 Å². The Morgan fingerprint density at radius 3 is 2.60 bits per heavy atom. The van der Waals surface area contributed by atoms with Gasteiger partial charge in [-0.1, -0.05) is 52.3 Å². The number of hydrogen-bond donors (Lipinski definition) is 1. The summed E-state index contributed by atoms with van der Waals surface area (Å²) >= 11 is 3.38. The molecule has 6 heteroatoms. The van der Waals surface area contributed by atoms with Crippen LogP contribution in [0.4, 0.5) is 10.5 Å². The van der Waals surface area contributed by atoms with Crippen LogP contribution in [0.5, 0.6) is 0 Å². The Hall–Kier alpha value is -2.73. The number of nitrogens with zero attached hydrogens (tertiary/aromatic N) is 1. The molecule has 0 fully saturated rings. The topological polar surface area (TPSA) is 68.3 Å². The number of rotatable bonds is 4. The molecular formula is C19H15BrN2O3. The second-order valence-corrected chi connectivity index (χ2v) is 6.38. The smallest absolute Gasteiger partial charge is 0.412 e. The monoisotopic (exact) mass is 398 g/mol. The molecule has 0 aliphatic heterocycles. The van der Waals surface area contributed by atoms with Crippen molar-refractivity contribution in [1.29, 1.82) is 0 Å². The number of hydrogen-bond acceptors (Lipinski definition) is 4. The molecule has 2 aromatic carbocycles. The van der Waals surface area contributed by atoms with Gasteiger partial charge in [-0.05, 0) is 23.8 Å². The maximum absolute atomic E-state index is 12.1. The number of pyridine rings is 1. The first-order valence-corrected chi connectivity index (χ1v) is 8.41. The number of amides is 1. The van der Waals surface area contributed by atoms with Crippen molar-refractivity contribution in [2.45, 2.75) is 13.5 Å². The van der Waals surface area contributed by atoms with Crippen LogP contribution in [0.15, 0.2) is 59.1 Å². The number of aromatic nitrogens is 1. The van der Waals surface area contributed by atoms with E-state index >= 15 is 0 Å². The molecule has 0 unspecified atom stereocenters. The number of benzene rings is 2. The number of halogens is 1.